The van der Waals surface area contributed by atoms with E-state index in [0.29, 0.717) is 12.6 Å². The van der Waals surface area contributed by atoms with Crippen molar-refractivity contribution in [1.29, 1.82) is 0 Å². The Morgan fingerprint density at radius 1 is 1.33 bits per heavy atom. The lowest BCUT2D eigenvalue weighted by atomic mass is 10.1. The van der Waals surface area contributed by atoms with E-state index in [2.05, 4.69) is 12.2 Å². The number of sulfone groups is 1. The summed E-state index contributed by atoms with van der Waals surface area (Å²) in [5.41, 5.74) is 0. The van der Waals surface area contributed by atoms with Crippen molar-refractivity contribution in [2.75, 3.05) is 18.1 Å². The lowest BCUT2D eigenvalue weighted by Crippen LogP contribution is -2.33. The van der Waals surface area contributed by atoms with Gasteiger partial charge < -0.3 is 5.32 Å². The minimum atomic E-state index is -2.80. The van der Waals surface area contributed by atoms with Crippen LogP contribution in [0.5, 0.6) is 0 Å². The molecule has 3 nitrogen and oxygen atoms in total. The molecule has 4 heteroatoms. The van der Waals surface area contributed by atoms with Gasteiger partial charge in [-0.25, -0.2) is 8.42 Å². The molecule has 1 unspecified atom stereocenters. The monoisotopic (exact) mass is 233 g/mol. The summed E-state index contributed by atoms with van der Waals surface area (Å²) in [6.45, 7) is 4.48. The van der Waals surface area contributed by atoms with E-state index in [4.69, 9.17) is 0 Å². The summed E-state index contributed by atoms with van der Waals surface area (Å²) < 4.78 is 22.5. The molecule has 0 radical (unpaired) electrons. The van der Waals surface area contributed by atoms with Gasteiger partial charge in [0.2, 0.25) is 0 Å². The maximum Gasteiger partial charge on any atom is 0.151 e. The van der Waals surface area contributed by atoms with Gasteiger partial charge in [0.15, 0.2) is 9.84 Å². The van der Waals surface area contributed by atoms with Crippen LogP contribution in [-0.4, -0.2) is 32.5 Å². The Labute approximate surface area is 93.6 Å². The first kappa shape index (κ1) is 13.0. The third-order valence-electron chi connectivity index (χ3n) is 3.09. The Morgan fingerprint density at radius 2 is 2.00 bits per heavy atom. The molecular weight excluding hydrogens is 210 g/mol. The van der Waals surface area contributed by atoms with Crippen LogP contribution in [0.1, 0.15) is 39.5 Å². The van der Waals surface area contributed by atoms with Gasteiger partial charge in [0.1, 0.15) is 0 Å². The minimum Gasteiger partial charge on any atom is -0.313 e. The fourth-order valence-corrected chi connectivity index (χ4v) is 2.43. The molecule has 1 fully saturated rings. The van der Waals surface area contributed by atoms with Crippen molar-refractivity contribution in [2.24, 2.45) is 5.92 Å². The van der Waals surface area contributed by atoms with E-state index in [0.717, 1.165) is 12.3 Å². The van der Waals surface area contributed by atoms with Crippen LogP contribution in [0.2, 0.25) is 0 Å². The van der Waals surface area contributed by atoms with E-state index in [-0.39, 0.29) is 11.5 Å². The zero-order chi connectivity index (χ0) is 11.3. The van der Waals surface area contributed by atoms with Crippen molar-refractivity contribution in [1.82, 2.24) is 5.32 Å². The lowest BCUT2D eigenvalue weighted by molar-refractivity contribution is 0.456. The topological polar surface area (TPSA) is 46.2 Å². The molecule has 1 aliphatic rings. The summed E-state index contributed by atoms with van der Waals surface area (Å²) in [5.74, 6) is 1.45. The van der Waals surface area contributed by atoms with E-state index in [9.17, 15) is 8.42 Å². The molecule has 0 aliphatic heterocycles. The van der Waals surface area contributed by atoms with Crippen LogP contribution in [0, 0.1) is 5.92 Å². The SMILES string of the molecule is CCC(CC1CC1)NCCS(=O)(=O)CC. The molecule has 1 atom stereocenters. The van der Waals surface area contributed by atoms with Crippen LogP contribution in [0.3, 0.4) is 0 Å². The second-order valence-electron chi connectivity index (χ2n) is 4.47. The third-order valence-corrected chi connectivity index (χ3v) is 4.80. The zero-order valence-corrected chi connectivity index (χ0v) is 10.6. The molecule has 15 heavy (non-hydrogen) atoms. The van der Waals surface area contributed by atoms with E-state index in [1.165, 1.54) is 19.3 Å². The van der Waals surface area contributed by atoms with Crippen LogP contribution in [0.25, 0.3) is 0 Å². The number of nitrogens with one attached hydrogen (secondary N) is 1. The van der Waals surface area contributed by atoms with Gasteiger partial charge in [0.05, 0.1) is 5.75 Å². The van der Waals surface area contributed by atoms with Gasteiger partial charge in [-0.05, 0) is 18.8 Å². The summed E-state index contributed by atoms with van der Waals surface area (Å²) in [6, 6.07) is 0.518. The quantitative estimate of drug-likeness (QED) is 0.692. The van der Waals surface area contributed by atoms with Crippen molar-refractivity contribution in [2.45, 2.75) is 45.6 Å². The maximum absolute atomic E-state index is 11.3. The zero-order valence-electron chi connectivity index (χ0n) is 9.83. The van der Waals surface area contributed by atoms with Gasteiger partial charge in [-0.1, -0.05) is 26.7 Å². The Morgan fingerprint density at radius 3 is 2.47 bits per heavy atom. The highest BCUT2D eigenvalue weighted by Gasteiger charge is 2.24. The normalized spacial score (nSPS) is 19.1. The second kappa shape index (κ2) is 5.85. The molecule has 0 aromatic rings. The molecule has 0 saturated heterocycles. The van der Waals surface area contributed by atoms with Crippen LogP contribution in [0.15, 0.2) is 0 Å². The van der Waals surface area contributed by atoms with E-state index in [1.54, 1.807) is 6.92 Å². The van der Waals surface area contributed by atoms with Gasteiger partial charge in [-0.3, -0.25) is 0 Å². The summed E-state index contributed by atoms with van der Waals surface area (Å²) in [6.07, 6.45) is 5.06. The second-order valence-corrected chi connectivity index (χ2v) is 6.95. The van der Waals surface area contributed by atoms with Crippen molar-refractivity contribution in [3.63, 3.8) is 0 Å². The first-order valence-corrected chi connectivity index (χ1v) is 7.83. The molecule has 1 rings (SSSR count). The Kier molecular flexibility index (Phi) is 5.06. The predicted molar refractivity (Wildman–Crippen MR) is 63.8 cm³/mol. The standard InChI is InChI=1S/C11H23NO2S/c1-3-11(9-10-5-6-10)12-7-8-15(13,14)4-2/h10-12H,3-9H2,1-2H3. The molecule has 0 bridgehead atoms. The number of rotatable bonds is 8. The average Bonchev–Trinajstić information content (AvgIpc) is 3.00. The van der Waals surface area contributed by atoms with Crippen molar-refractivity contribution in [3.8, 4) is 0 Å². The van der Waals surface area contributed by atoms with Gasteiger partial charge in [-0.2, -0.15) is 0 Å². The molecule has 0 aromatic heterocycles. The van der Waals surface area contributed by atoms with Crippen LogP contribution >= 0.6 is 0 Å². The van der Waals surface area contributed by atoms with E-state index >= 15 is 0 Å². The molecular formula is C11H23NO2S. The smallest absolute Gasteiger partial charge is 0.151 e. The minimum absolute atomic E-state index is 0.258. The number of hydrogen-bond acceptors (Lipinski definition) is 3. The van der Waals surface area contributed by atoms with Gasteiger partial charge in [0, 0.05) is 18.3 Å². The molecule has 1 saturated carbocycles. The Bertz CT molecular complexity index is 270. The maximum atomic E-state index is 11.3. The van der Waals surface area contributed by atoms with Gasteiger partial charge >= 0.3 is 0 Å². The van der Waals surface area contributed by atoms with Crippen LogP contribution < -0.4 is 5.32 Å². The summed E-state index contributed by atoms with van der Waals surface area (Å²) >= 11 is 0. The van der Waals surface area contributed by atoms with Crippen LogP contribution in [-0.2, 0) is 9.84 Å². The fraction of sp³-hybridized carbons (Fsp3) is 1.00. The van der Waals surface area contributed by atoms with Crippen molar-refractivity contribution < 1.29 is 8.42 Å². The summed E-state index contributed by atoms with van der Waals surface area (Å²) in [7, 11) is -2.80. The molecule has 0 aromatic carbocycles. The van der Waals surface area contributed by atoms with E-state index in [1.807, 2.05) is 0 Å². The molecule has 0 heterocycles. The number of hydrogen-bond donors (Lipinski definition) is 1. The molecule has 90 valence electrons. The van der Waals surface area contributed by atoms with Crippen LogP contribution in [0.4, 0.5) is 0 Å². The average molecular weight is 233 g/mol. The van der Waals surface area contributed by atoms with Gasteiger partial charge in [0.25, 0.3) is 0 Å². The highest BCUT2D eigenvalue weighted by atomic mass is 32.2. The summed E-state index contributed by atoms with van der Waals surface area (Å²) in [5, 5.41) is 3.35. The highest BCUT2D eigenvalue weighted by Crippen LogP contribution is 2.33. The van der Waals surface area contributed by atoms with E-state index < -0.39 is 9.84 Å². The largest absolute Gasteiger partial charge is 0.313 e. The molecule has 1 N–H and O–H groups in total. The van der Waals surface area contributed by atoms with Crippen molar-refractivity contribution >= 4 is 9.84 Å². The molecule has 0 spiro atoms. The first-order valence-electron chi connectivity index (χ1n) is 6.01. The Hall–Kier alpha value is -0.0900. The molecule has 0 amide bonds. The van der Waals surface area contributed by atoms with Crippen molar-refractivity contribution in [3.05, 3.63) is 0 Å². The highest BCUT2D eigenvalue weighted by molar-refractivity contribution is 7.91. The Balaban J connectivity index is 2.16. The summed E-state index contributed by atoms with van der Waals surface area (Å²) in [4.78, 5) is 0. The fourth-order valence-electron chi connectivity index (χ4n) is 1.71. The molecule has 1 aliphatic carbocycles. The predicted octanol–water partition coefficient (Wildman–Crippen LogP) is 1.59. The first-order chi connectivity index (χ1) is 7.07. The van der Waals surface area contributed by atoms with Gasteiger partial charge in [-0.15, -0.1) is 0 Å². The lowest BCUT2D eigenvalue weighted by Gasteiger charge is -2.16. The third kappa shape index (κ3) is 5.52.